The Labute approximate surface area is 214 Å². The zero-order chi connectivity index (χ0) is 24.9. The van der Waals surface area contributed by atoms with Gasteiger partial charge in [-0.05, 0) is 56.0 Å². The summed E-state index contributed by atoms with van der Waals surface area (Å²) in [6.45, 7) is 8.88. The van der Waals surface area contributed by atoms with Crippen LogP contribution in [-0.2, 0) is 11.3 Å². The molecule has 7 nitrogen and oxygen atoms in total. The lowest BCUT2D eigenvalue weighted by molar-refractivity contribution is -0.113. The van der Waals surface area contributed by atoms with Gasteiger partial charge in [-0.2, -0.15) is 0 Å². The largest absolute Gasteiger partial charge is 0.328 e. The van der Waals surface area contributed by atoms with E-state index in [0.29, 0.717) is 34.5 Å². The van der Waals surface area contributed by atoms with Gasteiger partial charge in [0.2, 0.25) is 5.91 Å². The Kier molecular flexibility index (Phi) is 7.93. The molecule has 2 aromatic carbocycles. The summed E-state index contributed by atoms with van der Waals surface area (Å²) in [6, 6.07) is 12.9. The molecule has 9 heteroatoms. The van der Waals surface area contributed by atoms with Crippen molar-refractivity contribution < 1.29 is 9.59 Å². The van der Waals surface area contributed by atoms with Crippen LogP contribution in [0.4, 0.5) is 5.69 Å². The van der Waals surface area contributed by atoms with Crippen LogP contribution in [-0.4, -0.2) is 43.8 Å². The highest BCUT2D eigenvalue weighted by atomic mass is 35.5. The van der Waals surface area contributed by atoms with Crippen LogP contribution in [0, 0.1) is 13.8 Å². The molecule has 1 unspecified atom stereocenters. The van der Waals surface area contributed by atoms with Crippen LogP contribution < -0.4 is 5.32 Å². The van der Waals surface area contributed by atoms with E-state index in [2.05, 4.69) is 22.1 Å². The molecule has 1 saturated heterocycles. The predicted octanol–water partition coefficient (Wildman–Crippen LogP) is 5.44. The molecule has 35 heavy (non-hydrogen) atoms. The summed E-state index contributed by atoms with van der Waals surface area (Å²) in [7, 11) is 0. The summed E-state index contributed by atoms with van der Waals surface area (Å²) in [5.41, 5.74) is 3.26. The third-order valence-electron chi connectivity index (χ3n) is 6.03. The van der Waals surface area contributed by atoms with Crippen molar-refractivity contribution in [2.75, 3.05) is 17.6 Å². The minimum Gasteiger partial charge on any atom is -0.328 e. The van der Waals surface area contributed by atoms with Crippen LogP contribution >= 0.6 is 23.4 Å². The Morgan fingerprint density at radius 3 is 2.74 bits per heavy atom. The van der Waals surface area contributed by atoms with Gasteiger partial charge in [-0.1, -0.05) is 53.7 Å². The molecule has 4 rings (SSSR count). The number of carbonyl (C=O) groups is 2. The predicted molar refractivity (Wildman–Crippen MR) is 140 cm³/mol. The Morgan fingerprint density at radius 2 is 2.00 bits per heavy atom. The third-order valence-corrected chi connectivity index (χ3v) is 7.41. The quantitative estimate of drug-likeness (QED) is 0.323. The molecule has 2 amide bonds. The maximum atomic E-state index is 13.3. The molecule has 0 radical (unpaired) electrons. The number of amides is 2. The van der Waals surface area contributed by atoms with Crippen LogP contribution in [0.25, 0.3) is 0 Å². The molecule has 182 valence electrons. The number of nitrogens with zero attached hydrogens (tertiary/aromatic N) is 4. The molecular weight excluding hydrogens is 482 g/mol. The molecule has 2 heterocycles. The molecule has 1 fully saturated rings. The number of halogens is 1. The van der Waals surface area contributed by atoms with Gasteiger partial charge in [-0.15, -0.1) is 16.8 Å². The van der Waals surface area contributed by atoms with Crippen molar-refractivity contribution in [3.05, 3.63) is 82.7 Å². The molecule has 1 aliphatic rings. The van der Waals surface area contributed by atoms with E-state index >= 15 is 0 Å². The van der Waals surface area contributed by atoms with E-state index in [1.807, 2.05) is 59.7 Å². The van der Waals surface area contributed by atoms with Gasteiger partial charge in [0, 0.05) is 29.4 Å². The van der Waals surface area contributed by atoms with Gasteiger partial charge in [-0.3, -0.25) is 9.59 Å². The maximum absolute atomic E-state index is 13.3. The summed E-state index contributed by atoms with van der Waals surface area (Å²) >= 11 is 7.46. The number of hydrogen-bond donors (Lipinski definition) is 1. The number of benzene rings is 2. The maximum Gasteiger partial charge on any atom is 0.254 e. The van der Waals surface area contributed by atoms with Crippen molar-refractivity contribution in [2.45, 2.75) is 44.4 Å². The van der Waals surface area contributed by atoms with Crippen LogP contribution in [0.3, 0.4) is 0 Å². The molecule has 0 spiro atoms. The number of likely N-dealkylation sites (tertiary alicyclic amines) is 1. The first-order chi connectivity index (χ1) is 16.9. The van der Waals surface area contributed by atoms with Gasteiger partial charge in [0.15, 0.2) is 11.0 Å². The van der Waals surface area contributed by atoms with E-state index in [1.54, 1.807) is 12.1 Å². The summed E-state index contributed by atoms with van der Waals surface area (Å²) in [4.78, 5) is 27.8. The first-order valence-corrected chi connectivity index (χ1v) is 12.8. The van der Waals surface area contributed by atoms with Crippen LogP contribution in [0.5, 0.6) is 0 Å². The highest BCUT2D eigenvalue weighted by molar-refractivity contribution is 7.99. The van der Waals surface area contributed by atoms with Crippen molar-refractivity contribution in [2.24, 2.45) is 0 Å². The van der Waals surface area contributed by atoms with Gasteiger partial charge >= 0.3 is 0 Å². The number of anilines is 1. The number of aryl methyl sites for hydroxylation is 2. The third kappa shape index (κ3) is 5.60. The standard InChI is InChI=1S/C26H28ClN5O2S/c1-4-13-32-24(22-10-7-14-31(22)25(34)20-9-6-5-8-17(20)2)29-30-26(32)35-16-23(33)28-19-12-11-18(3)21(27)15-19/h4-6,8-9,11-12,15,22H,1,7,10,13-14,16H2,2-3H3,(H,28,33). The van der Waals surface area contributed by atoms with E-state index in [1.165, 1.54) is 11.8 Å². The fraction of sp³-hybridized carbons (Fsp3) is 0.308. The SMILES string of the molecule is C=CCn1c(SCC(=O)Nc2ccc(C)c(Cl)c2)nnc1C1CCCN1C(=O)c1ccccc1C. The highest BCUT2D eigenvalue weighted by Crippen LogP contribution is 2.34. The number of carbonyl (C=O) groups excluding carboxylic acids is 2. The lowest BCUT2D eigenvalue weighted by Crippen LogP contribution is -2.32. The molecule has 0 bridgehead atoms. The Balaban J connectivity index is 1.49. The molecular formula is C26H28ClN5O2S. The van der Waals surface area contributed by atoms with Gasteiger partial charge in [0.05, 0.1) is 11.8 Å². The van der Waals surface area contributed by atoms with Crippen molar-refractivity contribution in [3.63, 3.8) is 0 Å². The van der Waals surface area contributed by atoms with Gasteiger partial charge in [0.1, 0.15) is 0 Å². The molecule has 1 aromatic heterocycles. The summed E-state index contributed by atoms with van der Waals surface area (Å²) in [5, 5.41) is 12.9. The Hall–Kier alpha value is -3.10. The first-order valence-electron chi connectivity index (χ1n) is 11.5. The van der Waals surface area contributed by atoms with Crippen LogP contribution in [0.1, 0.15) is 46.2 Å². The minimum atomic E-state index is -0.174. The number of rotatable bonds is 8. The fourth-order valence-corrected chi connectivity index (χ4v) is 5.13. The molecule has 1 atom stereocenters. The van der Waals surface area contributed by atoms with E-state index in [0.717, 1.165) is 29.8 Å². The number of thioether (sulfide) groups is 1. The van der Waals surface area contributed by atoms with Crippen molar-refractivity contribution in [1.82, 2.24) is 19.7 Å². The Morgan fingerprint density at radius 1 is 1.20 bits per heavy atom. The number of allylic oxidation sites excluding steroid dienone is 1. The smallest absolute Gasteiger partial charge is 0.254 e. The van der Waals surface area contributed by atoms with Crippen LogP contribution in [0.15, 0.2) is 60.3 Å². The number of nitrogens with one attached hydrogen (secondary N) is 1. The van der Waals surface area contributed by atoms with Gasteiger partial charge in [0.25, 0.3) is 5.91 Å². The molecule has 1 aliphatic heterocycles. The average molecular weight is 510 g/mol. The Bertz CT molecular complexity index is 1260. The molecule has 0 saturated carbocycles. The normalized spacial score (nSPS) is 15.3. The number of aromatic nitrogens is 3. The summed E-state index contributed by atoms with van der Waals surface area (Å²) in [5.74, 6) is 0.723. The van der Waals surface area contributed by atoms with Crippen molar-refractivity contribution >= 4 is 40.9 Å². The molecule has 0 aliphatic carbocycles. The van der Waals surface area contributed by atoms with Crippen molar-refractivity contribution in [3.8, 4) is 0 Å². The van der Waals surface area contributed by atoms with E-state index in [9.17, 15) is 9.59 Å². The van der Waals surface area contributed by atoms with E-state index in [4.69, 9.17) is 11.6 Å². The van der Waals surface area contributed by atoms with Gasteiger partial charge in [-0.25, -0.2) is 0 Å². The topological polar surface area (TPSA) is 80.1 Å². The zero-order valence-electron chi connectivity index (χ0n) is 19.8. The van der Waals surface area contributed by atoms with E-state index < -0.39 is 0 Å². The summed E-state index contributed by atoms with van der Waals surface area (Å²) < 4.78 is 1.95. The highest BCUT2D eigenvalue weighted by Gasteiger charge is 2.35. The minimum absolute atomic E-state index is 0.00379. The monoisotopic (exact) mass is 509 g/mol. The fourth-order valence-electron chi connectivity index (χ4n) is 4.20. The van der Waals surface area contributed by atoms with Crippen LogP contribution in [0.2, 0.25) is 5.02 Å². The second-order valence-corrected chi connectivity index (χ2v) is 9.86. The second kappa shape index (κ2) is 11.1. The lowest BCUT2D eigenvalue weighted by Gasteiger charge is -2.25. The first kappa shape index (κ1) is 25.0. The summed E-state index contributed by atoms with van der Waals surface area (Å²) in [6.07, 6.45) is 3.48. The second-order valence-electron chi connectivity index (χ2n) is 8.51. The molecule has 1 N–H and O–H groups in total. The molecule has 3 aromatic rings. The van der Waals surface area contributed by atoms with E-state index in [-0.39, 0.29) is 23.6 Å². The average Bonchev–Trinajstić information content (AvgIpc) is 3.47. The van der Waals surface area contributed by atoms with Crippen molar-refractivity contribution in [1.29, 1.82) is 0 Å². The zero-order valence-corrected chi connectivity index (χ0v) is 21.4. The van der Waals surface area contributed by atoms with Gasteiger partial charge < -0.3 is 14.8 Å². The number of hydrogen-bond acceptors (Lipinski definition) is 5. The lowest BCUT2D eigenvalue weighted by atomic mass is 10.1.